The Bertz CT molecular complexity index is 750. The summed E-state index contributed by atoms with van der Waals surface area (Å²) in [5, 5.41) is 3.59. The van der Waals surface area contributed by atoms with Crippen molar-refractivity contribution in [2.45, 2.75) is 32.3 Å². The first kappa shape index (κ1) is 18.6. The highest BCUT2D eigenvalue weighted by atomic mass is 35.5. The van der Waals surface area contributed by atoms with Gasteiger partial charge in [-0.3, -0.25) is 4.79 Å². The van der Waals surface area contributed by atoms with Gasteiger partial charge in [0.05, 0.1) is 0 Å². The summed E-state index contributed by atoms with van der Waals surface area (Å²) in [4.78, 5) is 14.8. The van der Waals surface area contributed by atoms with E-state index in [1.54, 1.807) is 12.1 Å². The summed E-state index contributed by atoms with van der Waals surface area (Å²) in [6.07, 6.45) is 2.13. The Morgan fingerprint density at radius 3 is 2.92 bits per heavy atom. The third-order valence-electron chi connectivity index (χ3n) is 4.63. The lowest BCUT2D eigenvalue weighted by Crippen LogP contribution is -2.39. The van der Waals surface area contributed by atoms with E-state index in [1.807, 2.05) is 19.1 Å². The molecule has 0 bridgehead atoms. The van der Waals surface area contributed by atoms with Crippen LogP contribution in [0.3, 0.4) is 0 Å². The number of carbonyl (C=O) groups is 1. The summed E-state index contributed by atoms with van der Waals surface area (Å²) in [6.45, 7) is 4.59. The fourth-order valence-corrected chi connectivity index (χ4v) is 3.44. The van der Waals surface area contributed by atoms with Crippen molar-refractivity contribution in [3.05, 3.63) is 59.1 Å². The predicted molar refractivity (Wildman–Crippen MR) is 106 cm³/mol. The van der Waals surface area contributed by atoms with Crippen molar-refractivity contribution >= 4 is 23.2 Å². The smallest absolute Gasteiger partial charge is 0.261 e. The molecule has 2 aromatic rings. The molecule has 5 heteroatoms. The zero-order valence-corrected chi connectivity index (χ0v) is 15.8. The minimum absolute atomic E-state index is 0.0747. The molecule has 1 aliphatic heterocycles. The Hall–Kier alpha value is -2.20. The summed E-state index contributed by atoms with van der Waals surface area (Å²) >= 11 is 5.97. The highest BCUT2D eigenvalue weighted by molar-refractivity contribution is 6.30. The SMILES string of the molecule is CC[C@@H](Oc1cccc(Cl)c1)C(=O)NCCCN1CCc2ccccc21. The molecule has 4 nitrogen and oxygen atoms in total. The number of carbonyl (C=O) groups excluding carboxylic acids is 1. The third-order valence-corrected chi connectivity index (χ3v) is 4.86. The van der Waals surface area contributed by atoms with Gasteiger partial charge in [0.25, 0.3) is 5.91 Å². The van der Waals surface area contributed by atoms with Gasteiger partial charge in [-0.1, -0.05) is 42.8 Å². The zero-order chi connectivity index (χ0) is 18.4. The number of para-hydroxylation sites is 1. The van der Waals surface area contributed by atoms with Crippen LogP contribution in [-0.4, -0.2) is 31.6 Å². The van der Waals surface area contributed by atoms with Gasteiger partial charge in [-0.05, 0) is 49.1 Å². The molecule has 0 fully saturated rings. The van der Waals surface area contributed by atoms with Crippen LogP contribution in [0, 0.1) is 0 Å². The van der Waals surface area contributed by atoms with Crippen LogP contribution >= 0.6 is 11.6 Å². The molecule has 0 spiro atoms. The first-order chi connectivity index (χ1) is 12.7. The second-order valence-corrected chi connectivity index (χ2v) is 6.92. The van der Waals surface area contributed by atoms with Crippen molar-refractivity contribution in [2.75, 3.05) is 24.5 Å². The Morgan fingerprint density at radius 2 is 2.12 bits per heavy atom. The van der Waals surface area contributed by atoms with Crippen molar-refractivity contribution in [1.29, 1.82) is 0 Å². The third kappa shape index (κ3) is 4.70. The van der Waals surface area contributed by atoms with E-state index < -0.39 is 6.10 Å². The fourth-order valence-electron chi connectivity index (χ4n) is 3.26. The van der Waals surface area contributed by atoms with E-state index in [4.69, 9.17) is 16.3 Å². The molecule has 0 aliphatic carbocycles. The number of halogens is 1. The van der Waals surface area contributed by atoms with Crippen molar-refractivity contribution < 1.29 is 9.53 Å². The van der Waals surface area contributed by atoms with E-state index in [-0.39, 0.29) is 5.91 Å². The monoisotopic (exact) mass is 372 g/mol. The van der Waals surface area contributed by atoms with Gasteiger partial charge in [0.2, 0.25) is 0 Å². The molecule has 2 aromatic carbocycles. The van der Waals surface area contributed by atoms with Crippen LogP contribution in [0.15, 0.2) is 48.5 Å². The second kappa shape index (κ2) is 8.95. The van der Waals surface area contributed by atoms with E-state index in [0.29, 0.717) is 23.7 Å². The molecule has 26 heavy (non-hydrogen) atoms. The average molecular weight is 373 g/mol. The second-order valence-electron chi connectivity index (χ2n) is 6.48. The van der Waals surface area contributed by atoms with E-state index in [0.717, 1.165) is 25.9 Å². The number of rotatable bonds is 8. The molecule has 138 valence electrons. The lowest BCUT2D eigenvalue weighted by molar-refractivity contribution is -0.128. The molecule has 3 rings (SSSR count). The molecule has 0 unspecified atom stereocenters. The molecule has 1 heterocycles. The minimum atomic E-state index is -0.499. The number of nitrogens with one attached hydrogen (secondary N) is 1. The normalized spacial score (nSPS) is 14.0. The lowest BCUT2D eigenvalue weighted by Gasteiger charge is -2.20. The van der Waals surface area contributed by atoms with Crippen LogP contribution in [0.1, 0.15) is 25.3 Å². The number of fused-ring (bicyclic) bond motifs is 1. The maximum Gasteiger partial charge on any atom is 0.261 e. The molecule has 1 amide bonds. The van der Waals surface area contributed by atoms with Gasteiger partial charge in [-0.2, -0.15) is 0 Å². The van der Waals surface area contributed by atoms with E-state index in [2.05, 4.69) is 34.5 Å². The minimum Gasteiger partial charge on any atom is -0.481 e. The number of amides is 1. The maximum atomic E-state index is 12.4. The van der Waals surface area contributed by atoms with Crippen LogP contribution in [0.5, 0.6) is 5.75 Å². The van der Waals surface area contributed by atoms with Gasteiger partial charge in [0.1, 0.15) is 5.75 Å². The number of ether oxygens (including phenoxy) is 1. The molecule has 0 saturated carbocycles. The van der Waals surface area contributed by atoms with Crippen molar-refractivity contribution in [3.63, 3.8) is 0 Å². The first-order valence-corrected chi connectivity index (χ1v) is 9.58. The summed E-state index contributed by atoms with van der Waals surface area (Å²) in [5.74, 6) is 0.544. The summed E-state index contributed by atoms with van der Waals surface area (Å²) in [7, 11) is 0. The Kier molecular flexibility index (Phi) is 6.40. The van der Waals surface area contributed by atoms with Crippen molar-refractivity contribution in [2.24, 2.45) is 0 Å². The zero-order valence-electron chi connectivity index (χ0n) is 15.1. The van der Waals surface area contributed by atoms with E-state index in [1.165, 1.54) is 11.3 Å². The molecule has 0 aromatic heterocycles. The van der Waals surface area contributed by atoms with Crippen LogP contribution in [-0.2, 0) is 11.2 Å². The molecule has 1 aliphatic rings. The number of benzene rings is 2. The van der Waals surface area contributed by atoms with Gasteiger partial charge in [0, 0.05) is 30.3 Å². The largest absolute Gasteiger partial charge is 0.481 e. The van der Waals surface area contributed by atoms with Crippen LogP contribution in [0.25, 0.3) is 0 Å². The molecular weight excluding hydrogens is 348 g/mol. The molecular formula is C21H25ClN2O2. The molecule has 1 atom stereocenters. The van der Waals surface area contributed by atoms with Crippen molar-refractivity contribution in [1.82, 2.24) is 5.32 Å². The van der Waals surface area contributed by atoms with E-state index in [9.17, 15) is 4.79 Å². The lowest BCUT2D eigenvalue weighted by atomic mass is 10.2. The van der Waals surface area contributed by atoms with Crippen molar-refractivity contribution in [3.8, 4) is 5.75 Å². The Morgan fingerprint density at radius 1 is 1.27 bits per heavy atom. The fraction of sp³-hybridized carbons (Fsp3) is 0.381. The number of hydrogen-bond donors (Lipinski definition) is 1. The van der Waals surface area contributed by atoms with Crippen LogP contribution in [0.2, 0.25) is 5.02 Å². The number of anilines is 1. The molecule has 0 radical (unpaired) electrons. The van der Waals surface area contributed by atoms with Gasteiger partial charge < -0.3 is 15.0 Å². The Labute approximate surface area is 160 Å². The Balaban J connectivity index is 1.43. The van der Waals surface area contributed by atoms with Crippen LogP contribution in [0.4, 0.5) is 5.69 Å². The first-order valence-electron chi connectivity index (χ1n) is 9.20. The standard InChI is InChI=1S/C21H25ClN2O2/c1-2-20(26-18-9-5-8-17(22)15-18)21(25)23-12-6-13-24-14-11-16-7-3-4-10-19(16)24/h3-5,7-10,15,20H,2,6,11-14H2,1H3,(H,23,25)/t20-/m1/s1. The summed E-state index contributed by atoms with van der Waals surface area (Å²) in [5.41, 5.74) is 2.74. The quantitative estimate of drug-likeness (QED) is 0.710. The van der Waals surface area contributed by atoms with Crippen LogP contribution < -0.4 is 15.0 Å². The van der Waals surface area contributed by atoms with Gasteiger partial charge >= 0.3 is 0 Å². The number of nitrogens with zero attached hydrogens (tertiary/aromatic N) is 1. The summed E-state index contributed by atoms with van der Waals surface area (Å²) < 4.78 is 5.78. The number of hydrogen-bond acceptors (Lipinski definition) is 3. The highest BCUT2D eigenvalue weighted by Crippen LogP contribution is 2.27. The van der Waals surface area contributed by atoms with E-state index >= 15 is 0 Å². The molecule has 0 saturated heterocycles. The van der Waals surface area contributed by atoms with Gasteiger partial charge in [0.15, 0.2) is 6.10 Å². The summed E-state index contributed by atoms with van der Waals surface area (Å²) in [6, 6.07) is 15.7. The topological polar surface area (TPSA) is 41.6 Å². The maximum absolute atomic E-state index is 12.4. The van der Waals surface area contributed by atoms with Gasteiger partial charge in [-0.25, -0.2) is 0 Å². The average Bonchev–Trinajstić information content (AvgIpc) is 3.06. The highest BCUT2D eigenvalue weighted by Gasteiger charge is 2.19. The molecule has 1 N–H and O–H groups in total. The van der Waals surface area contributed by atoms with Gasteiger partial charge in [-0.15, -0.1) is 0 Å². The predicted octanol–water partition coefficient (Wildman–Crippen LogP) is 4.07.